The Hall–Kier alpha value is -1.09. The second kappa shape index (κ2) is 5.70. The van der Waals surface area contributed by atoms with Gasteiger partial charge in [-0.3, -0.25) is 0 Å². The lowest BCUT2D eigenvalue weighted by molar-refractivity contribution is 0.155. The zero-order valence-corrected chi connectivity index (χ0v) is 10.9. The summed E-state index contributed by atoms with van der Waals surface area (Å²) in [5, 5.41) is 3.36. The molecular formula is C15H22N2O. The van der Waals surface area contributed by atoms with Gasteiger partial charge in [-0.1, -0.05) is 18.9 Å². The van der Waals surface area contributed by atoms with E-state index in [1.54, 1.807) is 0 Å². The van der Waals surface area contributed by atoms with Crippen LogP contribution in [-0.2, 0) is 0 Å². The van der Waals surface area contributed by atoms with Crippen molar-refractivity contribution in [3.05, 3.63) is 23.9 Å². The van der Waals surface area contributed by atoms with E-state index in [-0.39, 0.29) is 0 Å². The first-order valence-corrected chi connectivity index (χ1v) is 7.26. The standard InChI is InChI=1S/C15H22N2O/c1-2-5-12(4-1)14-6-3-7-15(17-14)18-13-8-10-16-11-9-13/h3,6-7,12-13,16H,1-2,4-5,8-11H2. The SMILES string of the molecule is c1cc(OC2CCNCC2)nc(C2CCCC2)c1. The van der Waals surface area contributed by atoms with Crippen molar-refractivity contribution in [3.8, 4) is 5.88 Å². The first-order chi connectivity index (χ1) is 8.92. The molecule has 1 saturated heterocycles. The van der Waals surface area contributed by atoms with E-state index in [1.807, 2.05) is 6.07 Å². The Morgan fingerprint density at radius 2 is 1.83 bits per heavy atom. The Kier molecular flexibility index (Phi) is 3.79. The Labute approximate surface area is 109 Å². The van der Waals surface area contributed by atoms with Gasteiger partial charge in [-0.2, -0.15) is 0 Å². The minimum atomic E-state index is 0.345. The number of aromatic nitrogens is 1. The molecule has 3 nitrogen and oxygen atoms in total. The molecule has 1 saturated carbocycles. The summed E-state index contributed by atoms with van der Waals surface area (Å²) in [6.45, 7) is 2.12. The van der Waals surface area contributed by atoms with E-state index >= 15 is 0 Å². The molecule has 1 aliphatic heterocycles. The Balaban J connectivity index is 1.66. The normalized spacial score (nSPS) is 22.2. The predicted octanol–water partition coefficient (Wildman–Crippen LogP) is 2.87. The summed E-state index contributed by atoms with van der Waals surface area (Å²) in [6, 6.07) is 6.25. The number of hydrogen-bond donors (Lipinski definition) is 1. The van der Waals surface area contributed by atoms with Crippen LogP contribution in [-0.4, -0.2) is 24.2 Å². The van der Waals surface area contributed by atoms with Crippen molar-refractivity contribution in [2.45, 2.75) is 50.5 Å². The smallest absolute Gasteiger partial charge is 0.213 e. The van der Waals surface area contributed by atoms with Crippen molar-refractivity contribution < 1.29 is 4.74 Å². The first kappa shape index (κ1) is 12.0. The third-order valence-corrected chi connectivity index (χ3v) is 4.09. The molecule has 0 atom stereocenters. The zero-order valence-electron chi connectivity index (χ0n) is 10.9. The van der Waals surface area contributed by atoms with Crippen molar-refractivity contribution >= 4 is 0 Å². The summed E-state index contributed by atoms with van der Waals surface area (Å²) in [5.74, 6) is 1.49. The van der Waals surface area contributed by atoms with Gasteiger partial charge in [-0.25, -0.2) is 4.98 Å². The van der Waals surface area contributed by atoms with Gasteiger partial charge in [-0.15, -0.1) is 0 Å². The average Bonchev–Trinajstić information content (AvgIpc) is 2.94. The molecule has 0 spiro atoms. The second-order valence-electron chi connectivity index (χ2n) is 5.45. The molecule has 18 heavy (non-hydrogen) atoms. The number of hydrogen-bond acceptors (Lipinski definition) is 3. The highest BCUT2D eigenvalue weighted by molar-refractivity contribution is 5.19. The summed E-state index contributed by atoms with van der Waals surface area (Å²) >= 11 is 0. The highest BCUT2D eigenvalue weighted by Gasteiger charge is 2.20. The van der Waals surface area contributed by atoms with E-state index in [0.717, 1.165) is 31.8 Å². The van der Waals surface area contributed by atoms with E-state index in [9.17, 15) is 0 Å². The van der Waals surface area contributed by atoms with Crippen LogP contribution in [0.5, 0.6) is 5.88 Å². The molecular weight excluding hydrogens is 224 g/mol. The van der Waals surface area contributed by atoms with Crippen molar-refractivity contribution in [2.24, 2.45) is 0 Å². The third-order valence-electron chi connectivity index (χ3n) is 4.09. The molecule has 0 unspecified atom stereocenters. The fraction of sp³-hybridized carbons (Fsp3) is 0.667. The molecule has 1 aliphatic carbocycles. The number of nitrogens with one attached hydrogen (secondary N) is 1. The van der Waals surface area contributed by atoms with E-state index in [2.05, 4.69) is 17.4 Å². The molecule has 0 radical (unpaired) electrons. The molecule has 98 valence electrons. The van der Waals surface area contributed by atoms with Crippen LogP contribution in [0, 0.1) is 0 Å². The van der Waals surface area contributed by atoms with Crippen molar-refractivity contribution in [3.63, 3.8) is 0 Å². The topological polar surface area (TPSA) is 34.1 Å². The lowest BCUT2D eigenvalue weighted by Gasteiger charge is -2.23. The van der Waals surface area contributed by atoms with Gasteiger partial charge in [0.05, 0.1) is 0 Å². The molecule has 2 fully saturated rings. The molecule has 0 bridgehead atoms. The zero-order chi connectivity index (χ0) is 12.2. The Morgan fingerprint density at radius 3 is 2.61 bits per heavy atom. The predicted molar refractivity (Wildman–Crippen MR) is 72.0 cm³/mol. The van der Waals surface area contributed by atoms with Crippen LogP contribution in [0.2, 0.25) is 0 Å². The van der Waals surface area contributed by atoms with Gasteiger partial charge < -0.3 is 10.1 Å². The van der Waals surface area contributed by atoms with Crippen LogP contribution in [0.3, 0.4) is 0 Å². The maximum Gasteiger partial charge on any atom is 0.213 e. The fourth-order valence-electron chi connectivity index (χ4n) is 3.03. The minimum absolute atomic E-state index is 0.345. The van der Waals surface area contributed by atoms with Crippen LogP contribution < -0.4 is 10.1 Å². The lowest BCUT2D eigenvalue weighted by Crippen LogP contribution is -2.34. The quantitative estimate of drug-likeness (QED) is 0.890. The first-order valence-electron chi connectivity index (χ1n) is 7.26. The van der Waals surface area contributed by atoms with Crippen LogP contribution in [0.4, 0.5) is 0 Å². The van der Waals surface area contributed by atoms with Gasteiger partial charge in [0.2, 0.25) is 5.88 Å². The van der Waals surface area contributed by atoms with Crippen LogP contribution >= 0.6 is 0 Å². The van der Waals surface area contributed by atoms with Crippen LogP contribution in [0.25, 0.3) is 0 Å². The molecule has 2 aliphatic rings. The molecule has 1 N–H and O–H groups in total. The minimum Gasteiger partial charge on any atom is -0.474 e. The van der Waals surface area contributed by atoms with E-state index in [1.165, 1.54) is 31.4 Å². The third kappa shape index (κ3) is 2.83. The summed E-state index contributed by atoms with van der Waals surface area (Å²) < 4.78 is 6.00. The molecule has 2 heterocycles. The van der Waals surface area contributed by atoms with E-state index < -0.39 is 0 Å². The van der Waals surface area contributed by atoms with Crippen molar-refractivity contribution in [2.75, 3.05) is 13.1 Å². The van der Waals surface area contributed by atoms with E-state index in [0.29, 0.717) is 12.0 Å². The summed E-state index contributed by atoms with van der Waals surface area (Å²) in [7, 11) is 0. The fourth-order valence-corrected chi connectivity index (χ4v) is 3.03. The largest absolute Gasteiger partial charge is 0.474 e. The summed E-state index contributed by atoms with van der Waals surface area (Å²) in [4.78, 5) is 4.71. The lowest BCUT2D eigenvalue weighted by atomic mass is 10.0. The molecule has 1 aromatic rings. The number of pyridine rings is 1. The maximum absolute atomic E-state index is 6.00. The van der Waals surface area contributed by atoms with Crippen LogP contribution in [0.15, 0.2) is 18.2 Å². The molecule has 0 amide bonds. The maximum atomic E-state index is 6.00. The van der Waals surface area contributed by atoms with Gasteiger partial charge in [0.15, 0.2) is 0 Å². The van der Waals surface area contributed by atoms with E-state index in [4.69, 9.17) is 9.72 Å². The van der Waals surface area contributed by atoms with Gasteiger partial charge in [-0.05, 0) is 44.8 Å². The van der Waals surface area contributed by atoms with Crippen molar-refractivity contribution in [1.82, 2.24) is 10.3 Å². The van der Waals surface area contributed by atoms with Gasteiger partial charge in [0.25, 0.3) is 0 Å². The highest BCUT2D eigenvalue weighted by Crippen LogP contribution is 2.33. The number of nitrogens with zero attached hydrogens (tertiary/aromatic N) is 1. The Morgan fingerprint density at radius 1 is 1.06 bits per heavy atom. The number of rotatable bonds is 3. The number of piperidine rings is 1. The van der Waals surface area contributed by atoms with Gasteiger partial charge in [0, 0.05) is 17.7 Å². The second-order valence-corrected chi connectivity index (χ2v) is 5.45. The highest BCUT2D eigenvalue weighted by atomic mass is 16.5. The molecule has 3 heteroatoms. The van der Waals surface area contributed by atoms with Crippen LogP contribution in [0.1, 0.15) is 50.1 Å². The monoisotopic (exact) mass is 246 g/mol. The summed E-state index contributed by atoms with van der Waals surface area (Å²) in [6.07, 6.45) is 7.83. The molecule has 3 rings (SSSR count). The molecule has 0 aromatic carbocycles. The number of ether oxygens (including phenoxy) is 1. The van der Waals surface area contributed by atoms with Gasteiger partial charge in [0.1, 0.15) is 6.10 Å². The average molecular weight is 246 g/mol. The Bertz CT molecular complexity index is 382. The molecule has 1 aromatic heterocycles. The van der Waals surface area contributed by atoms with Crippen molar-refractivity contribution in [1.29, 1.82) is 0 Å². The summed E-state index contributed by atoms with van der Waals surface area (Å²) in [5.41, 5.74) is 1.24. The van der Waals surface area contributed by atoms with Gasteiger partial charge >= 0.3 is 0 Å².